The van der Waals surface area contributed by atoms with Crippen LogP contribution in [0.2, 0.25) is 0 Å². The number of aryl methyl sites for hydroxylation is 2. The summed E-state index contributed by atoms with van der Waals surface area (Å²) in [6.45, 7) is 7.10. The molecule has 42 heavy (non-hydrogen) atoms. The van der Waals surface area contributed by atoms with Crippen molar-refractivity contribution in [3.8, 4) is 28.7 Å². The molecule has 0 radical (unpaired) electrons. The van der Waals surface area contributed by atoms with Gasteiger partial charge in [-0.2, -0.15) is 0 Å². The van der Waals surface area contributed by atoms with Gasteiger partial charge in [-0.15, -0.1) is 0 Å². The van der Waals surface area contributed by atoms with Gasteiger partial charge < -0.3 is 40.9 Å². The van der Waals surface area contributed by atoms with Gasteiger partial charge in [0, 0.05) is 29.9 Å². The molecule has 0 fully saturated rings. The van der Waals surface area contributed by atoms with E-state index >= 15 is 0 Å². The lowest BCUT2D eigenvalue weighted by Crippen LogP contribution is -2.23. The Hall–Kier alpha value is -3.46. The van der Waals surface area contributed by atoms with Crippen LogP contribution in [0.15, 0.2) is 42.5 Å². The molecule has 0 heterocycles. The highest BCUT2D eigenvalue weighted by Crippen LogP contribution is 2.36. The number of aliphatic hydroxyl groups is 3. The number of hydrogen-bond acceptors (Lipinski definition) is 8. The van der Waals surface area contributed by atoms with Gasteiger partial charge in [0.25, 0.3) is 0 Å². The molecule has 0 saturated carbocycles. The van der Waals surface area contributed by atoms with E-state index in [-0.39, 0.29) is 47.5 Å². The molecule has 0 amide bonds. The van der Waals surface area contributed by atoms with Crippen LogP contribution in [0.25, 0.3) is 0 Å². The molecule has 3 aromatic carbocycles. The predicted octanol–water partition coefficient (Wildman–Crippen LogP) is 5.11. The lowest BCUT2D eigenvalue weighted by Gasteiger charge is -2.23. The van der Waals surface area contributed by atoms with Gasteiger partial charge >= 0.3 is 0 Å². The van der Waals surface area contributed by atoms with Crippen LogP contribution in [0.4, 0.5) is 0 Å². The van der Waals surface area contributed by atoms with E-state index in [1.807, 2.05) is 19.1 Å². The van der Waals surface area contributed by atoms with Crippen LogP contribution in [0.3, 0.4) is 0 Å². The number of para-hydroxylation sites is 1. The molecule has 230 valence electrons. The van der Waals surface area contributed by atoms with E-state index in [4.69, 9.17) is 0 Å². The minimum Gasteiger partial charge on any atom is -0.508 e. The normalized spacial score (nSPS) is 15.2. The van der Waals surface area contributed by atoms with Gasteiger partial charge in [0.2, 0.25) is 0 Å². The Morgan fingerprint density at radius 2 is 1.29 bits per heavy atom. The summed E-state index contributed by atoms with van der Waals surface area (Å²) in [6.07, 6.45) is 0.632. The van der Waals surface area contributed by atoms with Crippen molar-refractivity contribution >= 4 is 0 Å². The Morgan fingerprint density at radius 3 is 1.90 bits per heavy atom. The van der Waals surface area contributed by atoms with Gasteiger partial charge in [-0.05, 0) is 92.0 Å². The third-order valence-electron chi connectivity index (χ3n) is 8.45. The van der Waals surface area contributed by atoms with E-state index in [1.54, 1.807) is 26.8 Å². The molecule has 0 aliphatic rings. The number of hydrogen-bond donors (Lipinski definition) is 8. The minimum absolute atomic E-state index is 0.0371. The lowest BCUT2D eigenvalue weighted by atomic mass is 9.86. The van der Waals surface area contributed by atoms with E-state index in [2.05, 4.69) is 0 Å². The smallest absolute Gasteiger partial charge is 0.122 e. The Labute approximate surface area is 248 Å². The molecule has 8 nitrogen and oxygen atoms in total. The van der Waals surface area contributed by atoms with Crippen LogP contribution in [0, 0.1) is 12.8 Å². The van der Waals surface area contributed by atoms with E-state index < -0.39 is 24.2 Å². The van der Waals surface area contributed by atoms with Gasteiger partial charge in [-0.1, -0.05) is 38.5 Å². The maximum atomic E-state index is 11.0. The van der Waals surface area contributed by atoms with Crippen molar-refractivity contribution in [2.45, 2.75) is 96.9 Å². The quantitative estimate of drug-likeness (QED) is 0.122. The molecule has 0 aromatic heterocycles. The highest BCUT2D eigenvalue weighted by atomic mass is 16.3. The molecule has 8 heteroatoms. The van der Waals surface area contributed by atoms with Crippen molar-refractivity contribution in [3.05, 3.63) is 75.8 Å². The van der Waals surface area contributed by atoms with Crippen LogP contribution in [0.1, 0.15) is 79.3 Å². The summed E-state index contributed by atoms with van der Waals surface area (Å²) in [5.74, 6) is -0.533. The first kappa shape index (κ1) is 33.0. The topological polar surface area (TPSA) is 162 Å². The lowest BCUT2D eigenvalue weighted by molar-refractivity contribution is 0.0994. The largest absolute Gasteiger partial charge is 0.508 e. The Kier molecular flexibility index (Phi) is 11.5. The van der Waals surface area contributed by atoms with Crippen LogP contribution in [-0.4, -0.2) is 59.2 Å². The SMILES string of the molecule is CCC(CCc1cccc(CC(O)C(C)c2cc(O)c(CCC(C)O)c(O)c2)c1O)C(O)Cc1cc(O)c(C)cc1O. The Bertz CT molecular complexity index is 1310. The number of benzene rings is 3. The van der Waals surface area contributed by atoms with Crippen molar-refractivity contribution in [2.75, 3.05) is 0 Å². The van der Waals surface area contributed by atoms with Crippen LogP contribution >= 0.6 is 0 Å². The van der Waals surface area contributed by atoms with Crippen molar-refractivity contribution in [1.29, 1.82) is 0 Å². The zero-order valence-corrected chi connectivity index (χ0v) is 25.0. The molecule has 3 rings (SSSR count). The second kappa shape index (κ2) is 14.6. The molecule has 0 saturated heterocycles. The standard InChI is InChI=1S/C34H46O8/c1-5-22(31(39)18-26-17-28(36)19(2)13-30(26)38)10-11-23-7-6-8-24(34(23)42)14-29(37)21(4)25-15-32(40)27(33(41)16-25)12-9-20(3)35/h6-8,13,15-17,20-22,29,31,35-42H,5,9-12,14,18H2,1-4H3. The molecule has 0 aliphatic carbocycles. The fraction of sp³-hybridized carbons (Fsp3) is 0.471. The predicted molar refractivity (Wildman–Crippen MR) is 162 cm³/mol. The third kappa shape index (κ3) is 8.31. The molecule has 5 atom stereocenters. The monoisotopic (exact) mass is 582 g/mol. The number of aliphatic hydroxyl groups excluding tert-OH is 3. The maximum Gasteiger partial charge on any atom is 0.122 e. The summed E-state index contributed by atoms with van der Waals surface area (Å²) in [4.78, 5) is 0. The first-order valence-electron chi connectivity index (χ1n) is 14.7. The van der Waals surface area contributed by atoms with Gasteiger partial charge in [-0.25, -0.2) is 0 Å². The number of rotatable bonds is 14. The minimum atomic E-state index is -0.905. The molecular weight excluding hydrogens is 536 g/mol. The molecule has 0 spiro atoms. The highest BCUT2D eigenvalue weighted by molar-refractivity contribution is 5.48. The fourth-order valence-corrected chi connectivity index (χ4v) is 5.46. The summed E-state index contributed by atoms with van der Waals surface area (Å²) in [5.41, 5.74) is 3.23. The Balaban J connectivity index is 1.66. The molecule has 0 bridgehead atoms. The molecular formula is C34H46O8. The third-order valence-corrected chi connectivity index (χ3v) is 8.45. The zero-order valence-electron chi connectivity index (χ0n) is 25.0. The van der Waals surface area contributed by atoms with Gasteiger partial charge in [0.05, 0.1) is 18.3 Å². The molecule has 0 aliphatic heterocycles. The van der Waals surface area contributed by atoms with E-state index in [0.717, 1.165) is 0 Å². The highest BCUT2D eigenvalue weighted by Gasteiger charge is 2.24. The fourth-order valence-electron chi connectivity index (χ4n) is 5.46. The van der Waals surface area contributed by atoms with Crippen LogP contribution < -0.4 is 0 Å². The number of phenols is 5. The van der Waals surface area contributed by atoms with Crippen molar-refractivity contribution < 1.29 is 40.9 Å². The first-order valence-corrected chi connectivity index (χ1v) is 14.7. The average molecular weight is 583 g/mol. The van der Waals surface area contributed by atoms with Crippen molar-refractivity contribution in [1.82, 2.24) is 0 Å². The van der Waals surface area contributed by atoms with Crippen molar-refractivity contribution in [3.63, 3.8) is 0 Å². The molecule has 3 aromatic rings. The van der Waals surface area contributed by atoms with Crippen LogP contribution in [0.5, 0.6) is 28.7 Å². The molecule has 8 N–H and O–H groups in total. The number of phenolic OH excluding ortho intramolecular Hbond substituents is 5. The summed E-state index contributed by atoms with van der Waals surface area (Å²) < 4.78 is 0. The van der Waals surface area contributed by atoms with E-state index in [0.29, 0.717) is 65.5 Å². The average Bonchev–Trinajstić information content (AvgIpc) is 2.92. The summed E-state index contributed by atoms with van der Waals surface area (Å²) in [7, 11) is 0. The summed E-state index contributed by atoms with van der Waals surface area (Å²) in [6, 6.07) is 11.4. The van der Waals surface area contributed by atoms with Gasteiger partial charge in [0.15, 0.2) is 0 Å². The maximum absolute atomic E-state index is 11.0. The number of aromatic hydroxyl groups is 5. The van der Waals surface area contributed by atoms with Crippen LogP contribution in [-0.2, 0) is 25.7 Å². The Morgan fingerprint density at radius 1 is 0.667 bits per heavy atom. The van der Waals surface area contributed by atoms with Crippen molar-refractivity contribution in [2.24, 2.45) is 5.92 Å². The first-order chi connectivity index (χ1) is 19.8. The van der Waals surface area contributed by atoms with E-state index in [1.165, 1.54) is 24.3 Å². The summed E-state index contributed by atoms with van der Waals surface area (Å²) >= 11 is 0. The second-order valence-electron chi connectivity index (χ2n) is 11.7. The summed E-state index contributed by atoms with van der Waals surface area (Å²) in [5, 5.41) is 83.7. The second-order valence-corrected chi connectivity index (χ2v) is 11.7. The molecule has 5 unspecified atom stereocenters. The van der Waals surface area contributed by atoms with Gasteiger partial charge in [0.1, 0.15) is 28.7 Å². The van der Waals surface area contributed by atoms with E-state index in [9.17, 15) is 40.9 Å². The van der Waals surface area contributed by atoms with Gasteiger partial charge in [-0.3, -0.25) is 0 Å². The zero-order chi connectivity index (χ0) is 31.1.